The predicted molar refractivity (Wildman–Crippen MR) is 289 cm³/mol. The quantitative estimate of drug-likeness (QED) is 0.0532. The van der Waals surface area contributed by atoms with Gasteiger partial charge in [0.15, 0.2) is 30.9 Å². The lowest BCUT2D eigenvalue weighted by atomic mass is 9.32. The molecule has 0 aromatic heterocycles. The normalized spacial score (nSPS) is 39.2. The van der Waals surface area contributed by atoms with E-state index in [1.165, 1.54) is 33.3 Å². The molecule has 0 amide bonds. The van der Waals surface area contributed by atoms with Gasteiger partial charge in [-0.1, -0.05) is 46.8 Å². The number of rotatable bonds is 12. The first kappa shape index (κ1) is 71.4. The number of carboxylic acids is 4. The molecular formula is C58H94O24. The van der Waals surface area contributed by atoms with Crippen molar-refractivity contribution >= 4 is 47.8 Å². The largest absolute Gasteiger partial charge is 0.481 e. The van der Waals surface area contributed by atoms with E-state index in [1.54, 1.807) is 0 Å². The number of fused-ring (bicyclic) bond motifs is 7. The number of carbonyl (C=O) groups excluding carboxylic acids is 4. The second-order valence-electron chi connectivity index (χ2n) is 24.7. The van der Waals surface area contributed by atoms with Gasteiger partial charge in [0.05, 0.1) is 19.3 Å². The zero-order valence-electron chi connectivity index (χ0n) is 50.2. The van der Waals surface area contributed by atoms with E-state index in [1.807, 2.05) is 0 Å². The number of hydrogen-bond donors (Lipinski definition) is 8. The average Bonchev–Trinajstić information content (AvgIpc) is 3.91. The van der Waals surface area contributed by atoms with Gasteiger partial charge in [-0.15, -0.1) is 0 Å². The lowest BCUT2D eigenvalue weighted by molar-refractivity contribution is -0.335. The van der Waals surface area contributed by atoms with Crippen LogP contribution in [0.3, 0.4) is 0 Å². The van der Waals surface area contributed by atoms with Crippen LogP contribution in [0, 0.1) is 56.7 Å². The van der Waals surface area contributed by atoms with Crippen molar-refractivity contribution in [1.82, 2.24) is 0 Å². The Balaban J connectivity index is 0.000000977. The Labute approximate surface area is 480 Å². The highest BCUT2D eigenvalue weighted by Crippen LogP contribution is 2.77. The number of aliphatic hydroxyl groups is 4. The minimum atomic E-state index is -1.48. The fraction of sp³-hybridized carbons (Fsp3) is 0.828. The average molecular weight is 1180 g/mol. The number of aliphatic carboxylic acids is 4. The second-order valence-corrected chi connectivity index (χ2v) is 24.7. The molecule has 0 aromatic carbocycles. The molecular weight excluding hydrogens is 1080 g/mol. The molecule has 5 saturated carbocycles. The zero-order valence-corrected chi connectivity index (χ0v) is 50.2. The van der Waals surface area contributed by atoms with Crippen molar-refractivity contribution in [3.63, 3.8) is 0 Å². The molecule has 24 nitrogen and oxygen atoms in total. The van der Waals surface area contributed by atoms with Crippen LogP contribution in [0.4, 0.5) is 0 Å². The van der Waals surface area contributed by atoms with Crippen molar-refractivity contribution in [2.75, 3.05) is 19.8 Å². The molecule has 7 fully saturated rings. The molecule has 7 aliphatic rings. The van der Waals surface area contributed by atoms with Gasteiger partial charge >= 0.3 is 23.9 Å². The highest BCUT2D eigenvalue weighted by atomic mass is 16.7. The van der Waals surface area contributed by atoms with Gasteiger partial charge in [-0.2, -0.15) is 0 Å². The molecule has 82 heavy (non-hydrogen) atoms. The Kier molecular flexibility index (Phi) is 25.5. The van der Waals surface area contributed by atoms with Crippen molar-refractivity contribution < 1.29 is 117 Å². The number of carbonyl (C=O) groups is 8. The third-order valence-corrected chi connectivity index (χ3v) is 18.8. The lowest BCUT2D eigenvalue weighted by Crippen LogP contribution is -2.68. The predicted octanol–water partition coefficient (Wildman–Crippen LogP) is 5.29. The number of hydrogen-bond acceptors (Lipinski definition) is 20. The minimum Gasteiger partial charge on any atom is -0.481 e. The molecule has 2 saturated heterocycles. The molecule has 24 heteroatoms. The summed E-state index contributed by atoms with van der Waals surface area (Å²) in [5.74, 6) is -4.36. The maximum atomic E-state index is 12.6. The Morgan fingerprint density at radius 1 is 0.549 bits per heavy atom. The number of esters is 4. The van der Waals surface area contributed by atoms with E-state index in [0.717, 1.165) is 85.5 Å². The first-order valence-corrected chi connectivity index (χ1v) is 28.1. The van der Waals surface area contributed by atoms with E-state index in [-0.39, 0.29) is 46.2 Å². The van der Waals surface area contributed by atoms with Crippen molar-refractivity contribution in [2.24, 2.45) is 56.7 Å². The van der Waals surface area contributed by atoms with Crippen LogP contribution in [0.2, 0.25) is 0 Å². The first-order valence-electron chi connectivity index (χ1n) is 28.1. The number of ether oxygens (including phenoxy) is 8. The van der Waals surface area contributed by atoms with E-state index >= 15 is 0 Å². The smallest absolute Gasteiger partial charge is 0.303 e. The molecule has 2 aliphatic heterocycles. The number of carboxylic acid groups (broad SMARTS) is 4. The summed E-state index contributed by atoms with van der Waals surface area (Å²) in [4.78, 5) is 85.5. The van der Waals surface area contributed by atoms with Crippen LogP contribution in [-0.4, -0.2) is 176 Å². The van der Waals surface area contributed by atoms with Gasteiger partial charge in [-0.3, -0.25) is 38.4 Å². The molecule has 470 valence electrons. The number of aliphatic hydroxyl groups excluding tert-OH is 4. The van der Waals surface area contributed by atoms with Crippen LogP contribution in [0.1, 0.15) is 161 Å². The molecule has 5 aliphatic carbocycles. The van der Waals surface area contributed by atoms with Gasteiger partial charge in [0.25, 0.3) is 23.9 Å². The molecule has 0 bridgehead atoms. The Morgan fingerprint density at radius 2 is 1.07 bits per heavy atom. The van der Waals surface area contributed by atoms with E-state index < -0.39 is 121 Å². The highest BCUT2D eigenvalue weighted by molar-refractivity contribution is 5.69. The first-order chi connectivity index (χ1) is 37.8. The Bertz CT molecular complexity index is 2190. The minimum absolute atomic E-state index is 0.000531. The highest BCUT2D eigenvalue weighted by Gasteiger charge is 2.71. The van der Waals surface area contributed by atoms with Gasteiger partial charge in [0.2, 0.25) is 0 Å². The van der Waals surface area contributed by atoms with Gasteiger partial charge < -0.3 is 78.7 Å². The molecule has 2 heterocycles. The summed E-state index contributed by atoms with van der Waals surface area (Å²) in [6, 6.07) is 0. The molecule has 20 atom stereocenters. The molecule has 6 unspecified atom stereocenters. The SMILES string of the molecule is C=C(C)[C@@H]1CC[C@]2(CO[C@@H]3[C@@H](O)[C@@H](O)[C@@H](CO)O[C@H]3O)CC[C@]3(C)[C@H](CC[C@@H]4[C@@]5(C)CCC(OC6OC(COC(C)=O)C(OC(C)=O)C(OC(C)=O)C6OC(C)=O)C(C)(C)[C@@H]5CC[C@]43C)[C@@H]12.CC(=O)O.CC(=O)O.CC(=O)O.CC(=O)O. The molecule has 0 radical (unpaired) electrons. The van der Waals surface area contributed by atoms with E-state index in [4.69, 9.17) is 77.5 Å². The van der Waals surface area contributed by atoms with E-state index in [9.17, 15) is 39.6 Å². The maximum Gasteiger partial charge on any atom is 0.303 e. The summed E-state index contributed by atoms with van der Waals surface area (Å²) in [5, 5.41) is 71.8. The fourth-order valence-electron chi connectivity index (χ4n) is 15.7. The molecule has 8 N–H and O–H groups in total. The van der Waals surface area contributed by atoms with E-state index in [0.29, 0.717) is 30.8 Å². The Morgan fingerprint density at radius 3 is 1.57 bits per heavy atom. The summed E-state index contributed by atoms with van der Waals surface area (Å²) in [6.45, 7) is 27.4. The molecule has 0 aromatic rings. The van der Waals surface area contributed by atoms with Gasteiger partial charge in [-0.05, 0) is 128 Å². The van der Waals surface area contributed by atoms with Gasteiger partial charge in [0, 0.05) is 55.4 Å². The summed E-state index contributed by atoms with van der Waals surface area (Å²) in [7, 11) is 0. The van der Waals surface area contributed by atoms with Crippen LogP contribution in [0.25, 0.3) is 0 Å². The topological polar surface area (TPSA) is 372 Å². The van der Waals surface area contributed by atoms with Crippen molar-refractivity contribution in [1.29, 1.82) is 0 Å². The van der Waals surface area contributed by atoms with Crippen LogP contribution >= 0.6 is 0 Å². The Hall–Kier alpha value is -4.82. The van der Waals surface area contributed by atoms with Crippen LogP contribution in [-0.2, 0) is 76.3 Å². The van der Waals surface area contributed by atoms with Crippen molar-refractivity contribution in [3.8, 4) is 0 Å². The van der Waals surface area contributed by atoms with Gasteiger partial charge in [0.1, 0.15) is 37.1 Å². The lowest BCUT2D eigenvalue weighted by Gasteiger charge is -2.73. The van der Waals surface area contributed by atoms with Crippen molar-refractivity contribution in [2.45, 2.75) is 229 Å². The van der Waals surface area contributed by atoms with Gasteiger partial charge in [-0.25, -0.2) is 0 Å². The second kappa shape index (κ2) is 29.3. The van der Waals surface area contributed by atoms with Crippen LogP contribution < -0.4 is 0 Å². The third-order valence-electron chi connectivity index (χ3n) is 18.8. The van der Waals surface area contributed by atoms with E-state index in [2.05, 4.69) is 48.1 Å². The van der Waals surface area contributed by atoms with Crippen LogP contribution in [0.15, 0.2) is 12.2 Å². The summed E-state index contributed by atoms with van der Waals surface area (Å²) >= 11 is 0. The van der Waals surface area contributed by atoms with Crippen LogP contribution in [0.5, 0.6) is 0 Å². The summed E-state index contributed by atoms with van der Waals surface area (Å²) in [5.41, 5.74) is 0.527. The fourth-order valence-corrected chi connectivity index (χ4v) is 15.7. The number of allylic oxidation sites excluding steroid dienone is 1. The monoisotopic (exact) mass is 1170 g/mol. The third kappa shape index (κ3) is 16.7. The van der Waals surface area contributed by atoms with Crippen molar-refractivity contribution in [3.05, 3.63) is 12.2 Å². The summed E-state index contributed by atoms with van der Waals surface area (Å²) < 4.78 is 47.8. The maximum absolute atomic E-state index is 12.6. The zero-order chi connectivity index (χ0) is 62.8. The molecule has 7 rings (SSSR count). The molecule has 0 spiro atoms. The summed E-state index contributed by atoms with van der Waals surface area (Å²) in [6.07, 6.45) is -3.58. The standard InChI is InChI=1S/C50H78O16.4C2H4O2/c1-25(2)30-14-19-50(24-60-41-39(57)38(56)32(22-51)64-44(41)58)21-20-48(10)31(37(30)50)12-13-35-47(9)17-16-36(46(7,8)34(47)15-18-49(35,48)11)66-45-43(63-29(6)55)42(62-28(5)54)40(61-27(4)53)33(65-45)23-59-26(3)52;4*1-2(3)4/h30-45,51,56-58H,1,12-24H2,2-11H3;4*1H3,(H,3,4)/t30-,31+,32+,33?,34-,35+,36?,37+,38-,39-,40?,41+,42?,43?,44+,45?,47-,48+,49+,50+;;;;/m0..../s1.